The second-order valence-electron chi connectivity index (χ2n) is 4.52. The maximum Gasteiger partial charge on any atom is 0.169 e. The molecule has 1 aromatic rings. The highest BCUT2D eigenvalue weighted by Crippen LogP contribution is 2.18. The molecule has 0 amide bonds. The van der Waals surface area contributed by atoms with Crippen molar-refractivity contribution in [3.8, 4) is 0 Å². The predicted octanol–water partition coefficient (Wildman–Crippen LogP) is 3.39. The van der Waals surface area contributed by atoms with Crippen LogP contribution in [0, 0.1) is 0 Å². The average Bonchev–Trinajstić information content (AvgIpc) is 2.97. The van der Waals surface area contributed by atoms with Gasteiger partial charge in [0.1, 0.15) is 0 Å². The van der Waals surface area contributed by atoms with Crippen LogP contribution in [0.25, 0.3) is 0 Å². The molecule has 17 heavy (non-hydrogen) atoms. The molecule has 1 saturated carbocycles. The summed E-state index contributed by atoms with van der Waals surface area (Å²) in [6.45, 7) is 4.07. The first-order chi connectivity index (χ1) is 8.29. The lowest BCUT2D eigenvalue weighted by atomic mass is 10.2. The number of rotatable bonds is 4. The van der Waals surface area contributed by atoms with Crippen LogP contribution in [0.5, 0.6) is 0 Å². The molecule has 0 radical (unpaired) electrons. The first kappa shape index (κ1) is 12.8. The summed E-state index contributed by atoms with van der Waals surface area (Å²) in [6, 6.07) is 4.88. The van der Waals surface area contributed by atoms with E-state index in [0.717, 1.165) is 18.2 Å². The van der Waals surface area contributed by atoms with Crippen molar-refractivity contribution in [3.63, 3.8) is 0 Å². The molecule has 94 valence electrons. The second-order valence-corrected chi connectivity index (χ2v) is 5.94. The van der Waals surface area contributed by atoms with Gasteiger partial charge in [0.2, 0.25) is 0 Å². The van der Waals surface area contributed by atoms with Gasteiger partial charge in [0.05, 0.1) is 6.54 Å². The van der Waals surface area contributed by atoms with Gasteiger partial charge in [0.15, 0.2) is 5.11 Å². The molecule has 0 bridgehead atoms. The summed E-state index contributed by atoms with van der Waals surface area (Å²) < 4.78 is 0. The highest BCUT2D eigenvalue weighted by Gasteiger charge is 2.18. The number of hydrogen-bond acceptors (Lipinski definition) is 2. The minimum absolute atomic E-state index is 0.611. The van der Waals surface area contributed by atoms with Crippen molar-refractivity contribution in [2.45, 2.75) is 45.2 Å². The van der Waals surface area contributed by atoms with Crippen LogP contribution < -0.4 is 5.32 Å². The number of thiophene rings is 1. The Morgan fingerprint density at radius 3 is 2.88 bits per heavy atom. The molecule has 0 spiro atoms. The van der Waals surface area contributed by atoms with Crippen LogP contribution in [0.15, 0.2) is 17.5 Å². The van der Waals surface area contributed by atoms with Gasteiger partial charge in [-0.1, -0.05) is 18.9 Å². The van der Waals surface area contributed by atoms with Gasteiger partial charge in [-0.2, -0.15) is 0 Å². The van der Waals surface area contributed by atoms with Crippen LogP contribution in [-0.2, 0) is 6.54 Å². The summed E-state index contributed by atoms with van der Waals surface area (Å²) in [4.78, 5) is 3.63. The monoisotopic (exact) mass is 268 g/mol. The molecule has 0 aliphatic heterocycles. The van der Waals surface area contributed by atoms with E-state index in [-0.39, 0.29) is 0 Å². The lowest BCUT2D eigenvalue weighted by Crippen LogP contribution is -2.43. The zero-order chi connectivity index (χ0) is 12.1. The molecule has 4 heteroatoms. The Bertz CT molecular complexity index is 342. The van der Waals surface area contributed by atoms with Gasteiger partial charge in [-0.05, 0) is 43.4 Å². The van der Waals surface area contributed by atoms with E-state index in [2.05, 4.69) is 34.7 Å². The summed E-state index contributed by atoms with van der Waals surface area (Å²) in [7, 11) is 0. The fourth-order valence-electron chi connectivity index (χ4n) is 2.25. The molecular weight excluding hydrogens is 248 g/mol. The second kappa shape index (κ2) is 6.36. The van der Waals surface area contributed by atoms with E-state index in [4.69, 9.17) is 12.2 Å². The van der Waals surface area contributed by atoms with E-state index in [1.165, 1.54) is 30.6 Å². The molecular formula is C13H20N2S2. The van der Waals surface area contributed by atoms with Crippen molar-refractivity contribution < 1.29 is 0 Å². The topological polar surface area (TPSA) is 15.3 Å². The number of hydrogen-bond donors (Lipinski definition) is 1. The molecule has 1 aromatic heterocycles. The van der Waals surface area contributed by atoms with Crippen molar-refractivity contribution in [2.24, 2.45) is 0 Å². The highest BCUT2D eigenvalue weighted by molar-refractivity contribution is 7.80. The fraction of sp³-hybridized carbons (Fsp3) is 0.615. The third kappa shape index (κ3) is 3.68. The van der Waals surface area contributed by atoms with Crippen LogP contribution in [0.4, 0.5) is 0 Å². The third-order valence-electron chi connectivity index (χ3n) is 3.28. The Morgan fingerprint density at radius 2 is 2.29 bits per heavy atom. The van der Waals surface area contributed by atoms with Crippen molar-refractivity contribution in [2.75, 3.05) is 6.54 Å². The highest BCUT2D eigenvalue weighted by atomic mass is 32.1. The lowest BCUT2D eigenvalue weighted by molar-refractivity contribution is 0.420. The SMILES string of the molecule is CCN(Cc1cccs1)C(=S)NC1CCCC1. The minimum Gasteiger partial charge on any atom is -0.360 e. The molecule has 0 unspecified atom stereocenters. The van der Waals surface area contributed by atoms with Gasteiger partial charge in [-0.3, -0.25) is 0 Å². The average molecular weight is 268 g/mol. The molecule has 0 saturated heterocycles. The Hall–Kier alpha value is -0.610. The molecule has 1 fully saturated rings. The van der Waals surface area contributed by atoms with Gasteiger partial charge in [-0.15, -0.1) is 11.3 Å². The van der Waals surface area contributed by atoms with E-state index in [1.807, 2.05) is 0 Å². The summed E-state index contributed by atoms with van der Waals surface area (Å²) in [5, 5.41) is 6.55. The molecule has 1 heterocycles. The van der Waals surface area contributed by atoms with Gasteiger partial charge < -0.3 is 10.2 Å². The van der Waals surface area contributed by atoms with Crippen molar-refractivity contribution in [1.29, 1.82) is 0 Å². The first-order valence-corrected chi connectivity index (χ1v) is 7.66. The molecule has 1 N–H and O–H groups in total. The normalized spacial score (nSPS) is 16.1. The minimum atomic E-state index is 0.611. The van der Waals surface area contributed by atoms with Crippen molar-refractivity contribution in [3.05, 3.63) is 22.4 Å². The Labute approximate surface area is 113 Å². The Balaban J connectivity index is 1.86. The largest absolute Gasteiger partial charge is 0.360 e. The zero-order valence-electron chi connectivity index (χ0n) is 10.3. The lowest BCUT2D eigenvalue weighted by Gasteiger charge is -2.26. The summed E-state index contributed by atoms with van der Waals surface area (Å²) >= 11 is 7.30. The molecule has 1 aliphatic rings. The van der Waals surface area contributed by atoms with Crippen molar-refractivity contribution in [1.82, 2.24) is 10.2 Å². The van der Waals surface area contributed by atoms with Crippen LogP contribution in [-0.4, -0.2) is 22.6 Å². The summed E-state index contributed by atoms with van der Waals surface area (Å²) in [5.74, 6) is 0. The van der Waals surface area contributed by atoms with Gasteiger partial charge in [0.25, 0.3) is 0 Å². The van der Waals surface area contributed by atoms with Crippen LogP contribution in [0.1, 0.15) is 37.5 Å². The fourth-order valence-corrected chi connectivity index (χ4v) is 3.33. The Morgan fingerprint density at radius 1 is 1.53 bits per heavy atom. The van der Waals surface area contributed by atoms with Crippen LogP contribution in [0.3, 0.4) is 0 Å². The van der Waals surface area contributed by atoms with Gasteiger partial charge in [-0.25, -0.2) is 0 Å². The third-order valence-corrected chi connectivity index (χ3v) is 4.52. The maximum atomic E-state index is 5.50. The number of nitrogens with zero attached hydrogens (tertiary/aromatic N) is 1. The maximum absolute atomic E-state index is 5.50. The molecule has 2 nitrogen and oxygen atoms in total. The quantitative estimate of drug-likeness (QED) is 0.843. The summed E-state index contributed by atoms with van der Waals surface area (Å²) in [5.41, 5.74) is 0. The van der Waals surface area contributed by atoms with E-state index in [9.17, 15) is 0 Å². The van der Waals surface area contributed by atoms with Gasteiger partial charge in [0, 0.05) is 17.5 Å². The van der Waals surface area contributed by atoms with Crippen LogP contribution >= 0.6 is 23.6 Å². The van der Waals surface area contributed by atoms with Gasteiger partial charge >= 0.3 is 0 Å². The molecule has 0 aromatic carbocycles. The van der Waals surface area contributed by atoms with Crippen molar-refractivity contribution >= 4 is 28.7 Å². The van der Waals surface area contributed by atoms with E-state index in [0.29, 0.717) is 6.04 Å². The van der Waals surface area contributed by atoms with E-state index >= 15 is 0 Å². The van der Waals surface area contributed by atoms with E-state index < -0.39 is 0 Å². The van der Waals surface area contributed by atoms with E-state index in [1.54, 1.807) is 11.3 Å². The Kier molecular flexibility index (Phi) is 4.80. The first-order valence-electron chi connectivity index (χ1n) is 6.37. The van der Waals surface area contributed by atoms with Crippen LogP contribution in [0.2, 0.25) is 0 Å². The predicted molar refractivity (Wildman–Crippen MR) is 78.4 cm³/mol. The molecule has 1 aliphatic carbocycles. The smallest absolute Gasteiger partial charge is 0.169 e. The standard InChI is InChI=1S/C13H20N2S2/c1-2-15(10-12-8-5-9-17-12)13(16)14-11-6-3-4-7-11/h5,8-9,11H,2-4,6-7,10H2,1H3,(H,14,16). The molecule has 2 rings (SSSR count). The zero-order valence-corrected chi connectivity index (χ0v) is 11.9. The number of nitrogens with one attached hydrogen (secondary N) is 1. The summed E-state index contributed by atoms with van der Waals surface area (Å²) in [6.07, 6.45) is 5.24. The number of thiocarbonyl (C=S) groups is 1. The molecule has 0 atom stereocenters.